The van der Waals surface area contributed by atoms with E-state index in [9.17, 15) is 4.39 Å². The van der Waals surface area contributed by atoms with Crippen LogP contribution in [-0.4, -0.2) is 34.3 Å². The molecule has 0 aliphatic rings. The molecule has 0 aliphatic carbocycles. The number of ether oxygens (including phenoxy) is 1. The largest absolute Gasteiger partial charge is 0.479 e. The number of aryl methyl sites for hydroxylation is 1. The smallest absolute Gasteiger partial charge is 0.255 e. The fourth-order valence-electron chi connectivity index (χ4n) is 1.35. The van der Waals surface area contributed by atoms with Crippen molar-refractivity contribution in [2.24, 2.45) is 0 Å². The zero-order valence-corrected chi connectivity index (χ0v) is 10.2. The van der Waals surface area contributed by atoms with Gasteiger partial charge >= 0.3 is 0 Å². The Kier molecular flexibility index (Phi) is 3.35. The van der Waals surface area contributed by atoms with E-state index in [2.05, 4.69) is 20.1 Å². The summed E-state index contributed by atoms with van der Waals surface area (Å²) >= 11 is 0. The van der Waals surface area contributed by atoms with Crippen LogP contribution in [0.1, 0.15) is 11.7 Å². The van der Waals surface area contributed by atoms with Crippen molar-refractivity contribution in [3.63, 3.8) is 0 Å². The van der Waals surface area contributed by atoms with E-state index >= 15 is 0 Å². The van der Waals surface area contributed by atoms with Gasteiger partial charge in [-0.2, -0.15) is 14.4 Å². The van der Waals surface area contributed by atoms with Gasteiger partial charge in [-0.05, 0) is 6.92 Å². The standard InChI is InChI=1S/C10H12FN5O2/c1-6-13-8(18-15-6)5-16(2)10-12-4-7(11)9(14-10)17-3/h4H,5H2,1-3H3. The van der Waals surface area contributed by atoms with Gasteiger partial charge in [-0.25, -0.2) is 4.98 Å². The minimum Gasteiger partial charge on any atom is -0.479 e. The van der Waals surface area contributed by atoms with Crippen molar-refractivity contribution in [2.45, 2.75) is 13.5 Å². The fourth-order valence-corrected chi connectivity index (χ4v) is 1.35. The maximum absolute atomic E-state index is 13.2. The van der Waals surface area contributed by atoms with E-state index in [0.717, 1.165) is 6.20 Å². The predicted molar refractivity (Wildman–Crippen MR) is 59.7 cm³/mol. The number of anilines is 1. The lowest BCUT2D eigenvalue weighted by Gasteiger charge is -2.14. The molecule has 0 saturated heterocycles. The van der Waals surface area contributed by atoms with Crippen LogP contribution >= 0.6 is 0 Å². The lowest BCUT2D eigenvalue weighted by molar-refractivity contribution is 0.364. The van der Waals surface area contributed by atoms with E-state index in [4.69, 9.17) is 9.26 Å². The number of nitrogens with zero attached hydrogens (tertiary/aromatic N) is 5. The fraction of sp³-hybridized carbons (Fsp3) is 0.400. The summed E-state index contributed by atoms with van der Waals surface area (Å²) in [6.07, 6.45) is 1.05. The molecule has 0 fully saturated rings. The second-order valence-electron chi connectivity index (χ2n) is 3.62. The van der Waals surface area contributed by atoms with E-state index in [1.165, 1.54) is 7.11 Å². The highest BCUT2D eigenvalue weighted by Gasteiger charge is 2.13. The van der Waals surface area contributed by atoms with Gasteiger partial charge in [0.2, 0.25) is 17.7 Å². The quantitative estimate of drug-likeness (QED) is 0.802. The third-order valence-electron chi connectivity index (χ3n) is 2.18. The SMILES string of the molecule is COc1nc(N(C)Cc2nc(C)no2)ncc1F. The molecule has 2 aromatic heterocycles. The molecule has 0 bridgehead atoms. The average Bonchev–Trinajstić information content (AvgIpc) is 2.75. The Morgan fingerprint density at radius 1 is 1.44 bits per heavy atom. The number of rotatable bonds is 4. The summed E-state index contributed by atoms with van der Waals surface area (Å²) in [6, 6.07) is 0. The molecule has 0 aliphatic heterocycles. The Bertz CT molecular complexity index is 545. The monoisotopic (exact) mass is 253 g/mol. The van der Waals surface area contributed by atoms with E-state index < -0.39 is 5.82 Å². The molecule has 0 saturated carbocycles. The maximum atomic E-state index is 13.2. The number of methoxy groups -OCH3 is 1. The van der Waals surface area contributed by atoms with E-state index in [1.54, 1.807) is 18.9 Å². The third kappa shape index (κ3) is 2.53. The highest BCUT2D eigenvalue weighted by atomic mass is 19.1. The highest BCUT2D eigenvalue weighted by Crippen LogP contribution is 2.16. The highest BCUT2D eigenvalue weighted by molar-refractivity contribution is 5.31. The van der Waals surface area contributed by atoms with Crippen molar-refractivity contribution in [1.82, 2.24) is 20.1 Å². The van der Waals surface area contributed by atoms with Crippen LogP contribution in [0.2, 0.25) is 0 Å². The number of hydrogen-bond donors (Lipinski definition) is 0. The molecule has 0 radical (unpaired) electrons. The van der Waals surface area contributed by atoms with Gasteiger partial charge in [-0.15, -0.1) is 0 Å². The Balaban J connectivity index is 2.15. The number of aromatic nitrogens is 4. The molecule has 96 valence electrons. The van der Waals surface area contributed by atoms with Crippen LogP contribution in [0.25, 0.3) is 0 Å². The first kappa shape index (κ1) is 12.2. The molecule has 2 aromatic rings. The van der Waals surface area contributed by atoms with Crippen molar-refractivity contribution in [2.75, 3.05) is 19.1 Å². The molecule has 0 amide bonds. The summed E-state index contributed by atoms with van der Waals surface area (Å²) in [5, 5.41) is 3.67. The first-order valence-electron chi connectivity index (χ1n) is 5.17. The van der Waals surface area contributed by atoms with Gasteiger partial charge in [0.05, 0.1) is 19.9 Å². The van der Waals surface area contributed by atoms with Crippen LogP contribution in [0.15, 0.2) is 10.7 Å². The normalized spacial score (nSPS) is 10.4. The van der Waals surface area contributed by atoms with Crippen LogP contribution in [0.3, 0.4) is 0 Å². The van der Waals surface area contributed by atoms with Gasteiger partial charge in [0.1, 0.15) is 0 Å². The van der Waals surface area contributed by atoms with E-state index in [-0.39, 0.29) is 5.88 Å². The van der Waals surface area contributed by atoms with Crippen molar-refractivity contribution >= 4 is 5.95 Å². The van der Waals surface area contributed by atoms with Crippen LogP contribution in [0.5, 0.6) is 5.88 Å². The summed E-state index contributed by atoms with van der Waals surface area (Å²) in [5.41, 5.74) is 0. The van der Waals surface area contributed by atoms with Gasteiger partial charge in [0, 0.05) is 7.05 Å². The topological polar surface area (TPSA) is 77.2 Å². The van der Waals surface area contributed by atoms with Gasteiger partial charge in [0.15, 0.2) is 5.82 Å². The maximum Gasteiger partial charge on any atom is 0.255 e. The summed E-state index contributed by atoms with van der Waals surface area (Å²) in [6.45, 7) is 2.06. The van der Waals surface area contributed by atoms with Gasteiger partial charge in [0.25, 0.3) is 5.88 Å². The number of hydrogen-bond acceptors (Lipinski definition) is 7. The lowest BCUT2D eigenvalue weighted by Crippen LogP contribution is -2.19. The second kappa shape index (κ2) is 4.94. The van der Waals surface area contributed by atoms with Crippen LogP contribution in [0, 0.1) is 12.7 Å². The van der Waals surface area contributed by atoms with Gasteiger partial charge in [-0.1, -0.05) is 5.16 Å². The average molecular weight is 253 g/mol. The van der Waals surface area contributed by atoms with Gasteiger partial charge in [-0.3, -0.25) is 0 Å². The van der Waals surface area contributed by atoms with Crippen molar-refractivity contribution in [3.8, 4) is 5.88 Å². The summed E-state index contributed by atoms with van der Waals surface area (Å²) in [5.74, 6) is 0.582. The predicted octanol–water partition coefficient (Wildman–Crippen LogP) is 0.952. The van der Waals surface area contributed by atoms with Crippen LogP contribution < -0.4 is 9.64 Å². The molecule has 2 heterocycles. The summed E-state index contributed by atoms with van der Waals surface area (Å²) in [7, 11) is 3.07. The molecule has 0 atom stereocenters. The molecule has 18 heavy (non-hydrogen) atoms. The Hall–Kier alpha value is -2.25. The minimum atomic E-state index is -0.608. The molecular formula is C10H12FN5O2. The Labute approximate surface area is 103 Å². The summed E-state index contributed by atoms with van der Waals surface area (Å²) < 4.78 is 22.9. The molecule has 0 N–H and O–H groups in total. The molecule has 7 nitrogen and oxygen atoms in total. The second-order valence-corrected chi connectivity index (χ2v) is 3.62. The molecule has 0 spiro atoms. The van der Waals surface area contributed by atoms with Crippen LogP contribution in [-0.2, 0) is 6.54 Å². The lowest BCUT2D eigenvalue weighted by atomic mass is 10.5. The molecule has 8 heteroatoms. The molecule has 2 rings (SSSR count). The van der Waals surface area contributed by atoms with Crippen molar-refractivity contribution in [1.29, 1.82) is 0 Å². The third-order valence-corrected chi connectivity index (χ3v) is 2.18. The first-order chi connectivity index (χ1) is 8.60. The summed E-state index contributed by atoms with van der Waals surface area (Å²) in [4.78, 5) is 13.5. The van der Waals surface area contributed by atoms with Crippen molar-refractivity contribution < 1.29 is 13.7 Å². The van der Waals surface area contributed by atoms with E-state index in [0.29, 0.717) is 24.2 Å². The first-order valence-corrected chi connectivity index (χ1v) is 5.17. The Morgan fingerprint density at radius 2 is 2.22 bits per heavy atom. The van der Waals surface area contributed by atoms with E-state index in [1.807, 2.05) is 0 Å². The zero-order valence-electron chi connectivity index (χ0n) is 10.2. The number of halogens is 1. The zero-order chi connectivity index (χ0) is 13.1. The molecule has 0 aromatic carbocycles. The van der Waals surface area contributed by atoms with Crippen LogP contribution in [0.4, 0.5) is 10.3 Å². The van der Waals surface area contributed by atoms with Gasteiger partial charge < -0.3 is 14.2 Å². The molecular weight excluding hydrogens is 241 g/mol. The Morgan fingerprint density at radius 3 is 2.83 bits per heavy atom. The van der Waals surface area contributed by atoms with Crippen molar-refractivity contribution in [3.05, 3.63) is 23.7 Å². The minimum absolute atomic E-state index is 0.103. The molecule has 0 unspecified atom stereocenters.